The lowest BCUT2D eigenvalue weighted by atomic mass is 9.70. The summed E-state index contributed by atoms with van der Waals surface area (Å²) >= 11 is 0. The monoisotopic (exact) mass is 354 g/mol. The van der Waals surface area contributed by atoms with Gasteiger partial charge >= 0.3 is 5.97 Å². The third-order valence-electron chi connectivity index (χ3n) is 6.01. The molecule has 0 spiro atoms. The fraction of sp³-hybridized carbons (Fsp3) is 0.550. The SMILES string of the molecule is CCOC(=O)[C@@]1(Cc2ccccc2)C[C@H]2CC[C@@H]1N2CCn1cnnc1. The second-order valence-corrected chi connectivity index (χ2v) is 7.43. The summed E-state index contributed by atoms with van der Waals surface area (Å²) in [6.07, 6.45) is 7.40. The molecule has 3 heterocycles. The summed E-state index contributed by atoms with van der Waals surface area (Å²) in [6.45, 7) is 4.10. The van der Waals surface area contributed by atoms with Crippen molar-refractivity contribution in [2.75, 3.05) is 13.2 Å². The van der Waals surface area contributed by atoms with Gasteiger partial charge in [0, 0.05) is 25.2 Å². The molecule has 26 heavy (non-hydrogen) atoms. The summed E-state index contributed by atoms with van der Waals surface area (Å²) in [5, 5.41) is 7.76. The van der Waals surface area contributed by atoms with Crippen molar-refractivity contribution in [1.29, 1.82) is 0 Å². The number of nitrogens with zero attached hydrogens (tertiary/aromatic N) is 4. The zero-order chi connectivity index (χ0) is 18.0. The van der Waals surface area contributed by atoms with Crippen molar-refractivity contribution in [2.24, 2.45) is 5.41 Å². The van der Waals surface area contributed by atoms with Gasteiger partial charge in [-0.05, 0) is 38.2 Å². The summed E-state index contributed by atoms with van der Waals surface area (Å²) in [6, 6.07) is 11.1. The Bertz CT molecular complexity index is 734. The molecule has 6 nitrogen and oxygen atoms in total. The largest absolute Gasteiger partial charge is 0.466 e. The molecule has 0 aliphatic carbocycles. The number of aromatic nitrogens is 3. The van der Waals surface area contributed by atoms with Crippen LogP contribution >= 0.6 is 0 Å². The second kappa shape index (κ2) is 7.19. The first-order valence-electron chi connectivity index (χ1n) is 9.52. The standard InChI is InChI=1S/C20H26N4O2/c1-2-26-19(25)20(12-16-6-4-3-5-7-16)13-17-8-9-18(20)24(17)11-10-23-14-21-22-15-23/h3-7,14-15,17-18H,2,8-13H2,1H3/t17-,18+,20+/m1/s1. The molecule has 6 heteroatoms. The average molecular weight is 354 g/mol. The minimum Gasteiger partial charge on any atom is -0.466 e. The fourth-order valence-electron chi connectivity index (χ4n) is 4.93. The number of carbonyl (C=O) groups is 1. The molecule has 0 amide bonds. The third-order valence-corrected chi connectivity index (χ3v) is 6.01. The number of fused-ring (bicyclic) bond motifs is 2. The van der Waals surface area contributed by atoms with E-state index >= 15 is 0 Å². The van der Waals surface area contributed by atoms with Crippen LogP contribution in [0.2, 0.25) is 0 Å². The first-order valence-corrected chi connectivity index (χ1v) is 9.52. The number of esters is 1. The molecule has 1 aromatic carbocycles. The molecule has 138 valence electrons. The molecule has 2 bridgehead atoms. The smallest absolute Gasteiger partial charge is 0.314 e. The van der Waals surface area contributed by atoms with Gasteiger partial charge in [0.25, 0.3) is 0 Å². The average Bonchev–Trinajstić information content (AvgIpc) is 3.36. The maximum atomic E-state index is 13.1. The first kappa shape index (κ1) is 17.2. The van der Waals surface area contributed by atoms with Crippen LogP contribution in [0.1, 0.15) is 31.7 Å². The van der Waals surface area contributed by atoms with E-state index in [1.54, 1.807) is 12.7 Å². The van der Waals surface area contributed by atoms with Gasteiger partial charge < -0.3 is 9.30 Å². The van der Waals surface area contributed by atoms with Crippen molar-refractivity contribution < 1.29 is 9.53 Å². The van der Waals surface area contributed by atoms with Crippen LogP contribution in [0.3, 0.4) is 0 Å². The van der Waals surface area contributed by atoms with Crippen LogP contribution in [0, 0.1) is 5.41 Å². The molecule has 0 unspecified atom stereocenters. The van der Waals surface area contributed by atoms with E-state index in [0.29, 0.717) is 12.6 Å². The van der Waals surface area contributed by atoms with Gasteiger partial charge in [0.2, 0.25) is 0 Å². The van der Waals surface area contributed by atoms with Crippen molar-refractivity contribution in [3.05, 3.63) is 48.5 Å². The van der Waals surface area contributed by atoms with E-state index in [1.807, 2.05) is 29.7 Å². The van der Waals surface area contributed by atoms with Crippen molar-refractivity contribution in [3.8, 4) is 0 Å². The summed E-state index contributed by atoms with van der Waals surface area (Å²) < 4.78 is 7.56. The van der Waals surface area contributed by atoms with E-state index in [4.69, 9.17) is 4.74 Å². The number of hydrogen-bond acceptors (Lipinski definition) is 5. The van der Waals surface area contributed by atoms with Gasteiger partial charge in [-0.25, -0.2) is 0 Å². The minimum absolute atomic E-state index is 0.0228. The van der Waals surface area contributed by atoms with E-state index in [1.165, 1.54) is 12.0 Å². The summed E-state index contributed by atoms with van der Waals surface area (Å²) in [7, 11) is 0. The normalized spacial score (nSPS) is 27.7. The van der Waals surface area contributed by atoms with E-state index in [2.05, 4.69) is 27.2 Å². The van der Waals surface area contributed by atoms with Crippen LogP contribution in [-0.4, -0.2) is 50.9 Å². The van der Waals surface area contributed by atoms with E-state index in [-0.39, 0.29) is 12.0 Å². The Morgan fingerprint density at radius 2 is 1.96 bits per heavy atom. The highest BCUT2D eigenvalue weighted by molar-refractivity contribution is 5.79. The van der Waals surface area contributed by atoms with Crippen molar-refractivity contribution >= 4 is 5.97 Å². The van der Waals surface area contributed by atoms with Crippen LogP contribution in [-0.2, 0) is 22.5 Å². The van der Waals surface area contributed by atoms with Gasteiger partial charge in [0.1, 0.15) is 12.7 Å². The molecule has 2 fully saturated rings. The highest BCUT2D eigenvalue weighted by Crippen LogP contribution is 2.52. The predicted molar refractivity (Wildman–Crippen MR) is 97.4 cm³/mol. The van der Waals surface area contributed by atoms with Crippen molar-refractivity contribution in [3.63, 3.8) is 0 Å². The summed E-state index contributed by atoms with van der Waals surface area (Å²) in [5.41, 5.74) is 0.792. The molecule has 2 aromatic rings. The Morgan fingerprint density at radius 3 is 2.69 bits per heavy atom. The molecule has 0 radical (unpaired) electrons. The molecular formula is C20H26N4O2. The molecule has 3 atom stereocenters. The van der Waals surface area contributed by atoms with Crippen LogP contribution in [0.5, 0.6) is 0 Å². The zero-order valence-electron chi connectivity index (χ0n) is 15.3. The summed E-state index contributed by atoms with van der Waals surface area (Å²) in [5.74, 6) is -0.0228. The highest BCUT2D eigenvalue weighted by atomic mass is 16.5. The van der Waals surface area contributed by atoms with Crippen molar-refractivity contribution in [1.82, 2.24) is 19.7 Å². The topological polar surface area (TPSA) is 60.2 Å². The molecule has 0 N–H and O–H groups in total. The first-order chi connectivity index (χ1) is 12.7. The Morgan fingerprint density at radius 1 is 1.19 bits per heavy atom. The van der Waals surface area contributed by atoms with Gasteiger partial charge in [-0.1, -0.05) is 30.3 Å². The number of carbonyl (C=O) groups excluding carboxylic acids is 1. The number of hydrogen-bond donors (Lipinski definition) is 0. The van der Waals surface area contributed by atoms with Gasteiger partial charge in [-0.3, -0.25) is 9.69 Å². The van der Waals surface area contributed by atoms with Crippen LogP contribution in [0.25, 0.3) is 0 Å². The lowest BCUT2D eigenvalue weighted by Gasteiger charge is -2.35. The van der Waals surface area contributed by atoms with E-state index < -0.39 is 5.41 Å². The molecule has 2 saturated heterocycles. The molecular weight excluding hydrogens is 328 g/mol. The van der Waals surface area contributed by atoms with Gasteiger partial charge in [0.15, 0.2) is 0 Å². The number of ether oxygens (including phenoxy) is 1. The van der Waals surface area contributed by atoms with Crippen LogP contribution < -0.4 is 0 Å². The van der Waals surface area contributed by atoms with E-state index in [9.17, 15) is 4.79 Å². The van der Waals surface area contributed by atoms with E-state index in [0.717, 1.165) is 32.4 Å². The minimum atomic E-state index is -0.423. The predicted octanol–water partition coefficient (Wildman–Crippen LogP) is 2.31. The lowest BCUT2D eigenvalue weighted by Crippen LogP contribution is -2.46. The number of benzene rings is 1. The third kappa shape index (κ3) is 3.03. The number of rotatable bonds is 7. The Hall–Kier alpha value is -2.21. The highest BCUT2D eigenvalue weighted by Gasteiger charge is 2.60. The van der Waals surface area contributed by atoms with Gasteiger partial charge in [-0.15, -0.1) is 10.2 Å². The molecule has 4 rings (SSSR count). The lowest BCUT2D eigenvalue weighted by molar-refractivity contribution is -0.157. The van der Waals surface area contributed by atoms with Gasteiger partial charge in [0.05, 0.1) is 12.0 Å². The molecule has 0 saturated carbocycles. The van der Waals surface area contributed by atoms with Crippen LogP contribution in [0.4, 0.5) is 0 Å². The van der Waals surface area contributed by atoms with Gasteiger partial charge in [-0.2, -0.15) is 0 Å². The quantitative estimate of drug-likeness (QED) is 0.714. The summed E-state index contributed by atoms with van der Waals surface area (Å²) in [4.78, 5) is 15.6. The maximum absolute atomic E-state index is 13.1. The van der Waals surface area contributed by atoms with Crippen LogP contribution in [0.15, 0.2) is 43.0 Å². The second-order valence-electron chi connectivity index (χ2n) is 7.43. The molecule has 2 aliphatic heterocycles. The fourth-order valence-corrected chi connectivity index (χ4v) is 4.93. The Kier molecular flexibility index (Phi) is 4.76. The van der Waals surface area contributed by atoms with Crippen molar-refractivity contribution in [2.45, 2.75) is 51.2 Å². The molecule has 1 aromatic heterocycles. The Balaban J connectivity index is 1.57. The zero-order valence-corrected chi connectivity index (χ0v) is 15.3. The molecule has 2 aliphatic rings. The Labute approximate surface area is 154 Å². The maximum Gasteiger partial charge on any atom is 0.314 e.